The van der Waals surface area contributed by atoms with Crippen LogP contribution in [0.5, 0.6) is 0 Å². The van der Waals surface area contributed by atoms with Gasteiger partial charge in [-0.05, 0) is 201 Å². The Morgan fingerprint density at radius 3 is 0.603 bits per heavy atom. The van der Waals surface area contributed by atoms with Crippen LogP contribution in [0.4, 0.5) is 0 Å². The van der Waals surface area contributed by atoms with E-state index >= 15 is 0 Å². The third-order valence-electron chi connectivity index (χ3n) is 14.4. The molecule has 0 unspecified atom stereocenters. The van der Waals surface area contributed by atoms with Gasteiger partial charge in [0, 0.05) is 5.75 Å². The lowest BCUT2D eigenvalue weighted by Crippen LogP contribution is -1.98. The molecule has 0 atom stereocenters. The van der Waals surface area contributed by atoms with E-state index in [9.17, 15) is 0 Å². The molecule has 0 saturated heterocycles. The second-order valence-corrected chi connectivity index (χ2v) is 22.7. The first-order chi connectivity index (χ1) is 32.2. The van der Waals surface area contributed by atoms with E-state index in [2.05, 4.69) is 238 Å². The van der Waals surface area contributed by atoms with Crippen molar-refractivity contribution in [2.75, 3.05) is 0 Å². The van der Waals surface area contributed by atoms with Gasteiger partial charge in [0.05, 0.1) is 0 Å². The lowest BCUT2D eigenvalue weighted by Gasteiger charge is -2.21. The van der Waals surface area contributed by atoms with Crippen molar-refractivity contribution in [3.8, 4) is 66.8 Å². The molecule has 0 radical (unpaired) electrons. The molecule has 1 heteroatoms. The smallest absolute Gasteiger partial charge is 0.0166 e. The minimum atomic E-state index is 0.425. The van der Waals surface area contributed by atoms with Gasteiger partial charge in [-0.3, -0.25) is 0 Å². The quantitative estimate of drug-likeness (QED) is 0.0974. The van der Waals surface area contributed by atoms with Crippen LogP contribution in [0, 0.1) is 0 Å². The normalized spacial score (nSPS) is 12.1. The highest BCUT2D eigenvalue weighted by molar-refractivity contribution is 7.79. The molecular weight excluding hydrogens is 837 g/mol. The van der Waals surface area contributed by atoms with E-state index in [0.29, 0.717) is 53.1 Å². The Hall–Kier alpha value is -5.11. The molecule has 0 saturated carbocycles. The van der Waals surface area contributed by atoms with Crippen molar-refractivity contribution >= 4 is 12.6 Å². The van der Waals surface area contributed by atoms with Gasteiger partial charge in [-0.25, -0.2) is 0 Å². The molecule has 0 nitrogen and oxygen atoms in total. The molecule has 7 aromatic rings. The van der Waals surface area contributed by atoms with E-state index in [1.807, 2.05) is 0 Å². The lowest BCUT2D eigenvalue weighted by atomic mass is 9.84. The molecule has 0 aliphatic rings. The SMILES string of the molecule is CC(C)c1cc(-c2cc(-c3cc(C(C)C)cc(C(C)C)c3)cc(-c3cccc(-c4cc(-c5cc(C(C)C)cc(C(C)C)c5)cc(-c5cc(C(C)C)cc(C(C)C)c5)c4)c3CS)c2)cc(C(C)C)c1. The second kappa shape index (κ2) is 21.3. The topological polar surface area (TPSA) is 0 Å². The first-order valence-corrected chi connectivity index (χ1v) is 26.5. The van der Waals surface area contributed by atoms with Crippen LogP contribution in [0.1, 0.15) is 208 Å². The van der Waals surface area contributed by atoms with Crippen LogP contribution >= 0.6 is 12.6 Å². The summed E-state index contributed by atoms with van der Waals surface area (Å²) in [6.45, 7) is 37.0. The van der Waals surface area contributed by atoms with Crippen LogP contribution in [0.3, 0.4) is 0 Å². The van der Waals surface area contributed by atoms with Crippen molar-refractivity contribution in [1.29, 1.82) is 0 Å². The zero-order valence-corrected chi connectivity index (χ0v) is 45.3. The third-order valence-corrected chi connectivity index (χ3v) is 14.7. The van der Waals surface area contributed by atoms with Crippen molar-refractivity contribution in [1.82, 2.24) is 0 Å². The van der Waals surface area contributed by atoms with Crippen LogP contribution < -0.4 is 0 Å². The van der Waals surface area contributed by atoms with E-state index in [1.165, 1.54) is 117 Å². The van der Waals surface area contributed by atoms with Gasteiger partial charge in [0.15, 0.2) is 0 Å². The Balaban J connectivity index is 1.53. The number of hydrogen-bond acceptors (Lipinski definition) is 1. The zero-order valence-electron chi connectivity index (χ0n) is 44.4. The van der Waals surface area contributed by atoms with Gasteiger partial charge in [0.1, 0.15) is 0 Å². The van der Waals surface area contributed by atoms with Gasteiger partial charge in [0.25, 0.3) is 0 Å². The molecule has 7 rings (SSSR count). The summed E-state index contributed by atoms with van der Waals surface area (Å²) in [5.41, 5.74) is 27.3. The molecule has 0 fully saturated rings. The monoisotopic (exact) mass is 917 g/mol. The van der Waals surface area contributed by atoms with Crippen molar-refractivity contribution in [2.24, 2.45) is 0 Å². The highest BCUT2D eigenvalue weighted by Crippen LogP contribution is 2.43. The van der Waals surface area contributed by atoms with Gasteiger partial charge >= 0.3 is 0 Å². The highest BCUT2D eigenvalue weighted by atomic mass is 32.1. The summed E-state index contributed by atoms with van der Waals surface area (Å²) in [5.74, 6) is 4.00. The molecule has 68 heavy (non-hydrogen) atoms. The maximum atomic E-state index is 5.22. The molecule has 0 N–H and O–H groups in total. The summed E-state index contributed by atoms with van der Waals surface area (Å²) < 4.78 is 0. The maximum absolute atomic E-state index is 5.22. The van der Waals surface area contributed by atoms with E-state index in [-0.39, 0.29) is 0 Å². The van der Waals surface area contributed by atoms with Crippen molar-refractivity contribution in [3.05, 3.63) is 177 Å². The first kappa shape index (κ1) is 50.8. The number of rotatable bonds is 15. The van der Waals surface area contributed by atoms with Crippen LogP contribution in [0.2, 0.25) is 0 Å². The Morgan fingerprint density at radius 1 is 0.250 bits per heavy atom. The summed E-state index contributed by atoms with van der Waals surface area (Å²) in [6.07, 6.45) is 0. The van der Waals surface area contributed by atoms with E-state index in [1.54, 1.807) is 0 Å². The van der Waals surface area contributed by atoms with Crippen LogP contribution in [-0.4, -0.2) is 0 Å². The van der Waals surface area contributed by atoms with Gasteiger partial charge in [-0.1, -0.05) is 202 Å². The predicted octanol–water partition coefficient (Wildman–Crippen LogP) is 21.1. The summed E-state index contributed by atoms with van der Waals surface area (Å²) in [5, 5.41) is 0. The molecule has 0 amide bonds. The van der Waals surface area contributed by atoms with Crippen molar-refractivity contribution in [3.63, 3.8) is 0 Å². The van der Waals surface area contributed by atoms with E-state index in [4.69, 9.17) is 12.6 Å². The summed E-state index contributed by atoms with van der Waals surface area (Å²) in [7, 11) is 0. The summed E-state index contributed by atoms with van der Waals surface area (Å²) >= 11 is 5.22. The standard InChI is InChI=1S/C67H80S/c1-39(2)47-20-48(40(3)4)25-55(24-47)59-32-60(56-26-49(41(5)6)21-50(27-56)42(7)8)35-63(34-59)65-18-17-19-66(67(65)38-68)64-36-61(57-28-51(43(9)10)22-52(29-57)44(11)12)33-62(37-64)58-30-53(45(13)14)23-54(31-58)46(15)16/h17-37,39-46,68H,38H2,1-16H3. The highest BCUT2D eigenvalue weighted by Gasteiger charge is 2.20. The molecule has 354 valence electrons. The Bertz CT molecular complexity index is 2430. The Labute approximate surface area is 418 Å². The molecule has 7 aromatic carbocycles. The molecule has 0 spiro atoms. The van der Waals surface area contributed by atoms with Gasteiger partial charge in [-0.2, -0.15) is 12.6 Å². The van der Waals surface area contributed by atoms with E-state index in [0.717, 1.165) is 0 Å². The number of benzene rings is 7. The fourth-order valence-corrected chi connectivity index (χ4v) is 9.91. The van der Waals surface area contributed by atoms with Crippen molar-refractivity contribution in [2.45, 2.75) is 164 Å². The average molecular weight is 917 g/mol. The largest absolute Gasteiger partial charge is 0.175 e. The molecule has 0 bridgehead atoms. The maximum Gasteiger partial charge on any atom is 0.0166 e. The fourth-order valence-electron chi connectivity index (χ4n) is 9.57. The zero-order chi connectivity index (χ0) is 49.3. The van der Waals surface area contributed by atoms with Gasteiger partial charge in [0.2, 0.25) is 0 Å². The number of thiol groups is 1. The number of hydrogen-bond donors (Lipinski definition) is 1. The molecule has 0 aliphatic carbocycles. The third kappa shape index (κ3) is 11.3. The minimum absolute atomic E-state index is 0.425. The molecule has 0 aliphatic heterocycles. The molecule has 0 heterocycles. The van der Waals surface area contributed by atoms with Crippen molar-refractivity contribution < 1.29 is 0 Å². The van der Waals surface area contributed by atoms with Gasteiger partial charge in [-0.15, -0.1) is 0 Å². The minimum Gasteiger partial charge on any atom is -0.175 e. The lowest BCUT2D eigenvalue weighted by molar-refractivity contribution is 0.834. The van der Waals surface area contributed by atoms with Crippen LogP contribution in [-0.2, 0) is 5.75 Å². The summed E-state index contributed by atoms with van der Waals surface area (Å²) in [6, 6.07) is 50.8. The first-order valence-electron chi connectivity index (χ1n) is 25.9. The fraction of sp³-hybridized carbons (Fsp3) is 0.373. The van der Waals surface area contributed by atoms with E-state index < -0.39 is 0 Å². The summed E-state index contributed by atoms with van der Waals surface area (Å²) in [4.78, 5) is 0. The average Bonchev–Trinajstić information content (AvgIpc) is 3.32. The van der Waals surface area contributed by atoms with Crippen LogP contribution in [0.25, 0.3) is 66.8 Å². The molecular formula is C67H80S. The Kier molecular flexibility index (Phi) is 15.9. The second-order valence-electron chi connectivity index (χ2n) is 22.4. The van der Waals surface area contributed by atoms with Gasteiger partial charge < -0.3 is 0 Å². The van der Waals surface area contributed by atoms with Crippen LogP contribution in [0.15, 0.2) is 127 Å². The molecule has 0 aromatic heterocycles. The predicted molar refractivity (Wildman–Crippen MR) is 304 cm³/mol. The Morgan fingerprint density at radius 2 is 0.426 bits per heavy atom.